The molecule has 1 heterocycles. The van der Waals surface area contributed by atoms with Crippen LogP contribution in [0.3, 0.4) is 0 Å². The SMILES string of the molecule is Cl.O=C(NCc1ccccc1OC1CCC1)C1CC12CCNCC2. The van der Waals surface area contributed by atoms with Gasteiger partial charge in [0.2, 0.25) is 5.91 Å². The van der Waals surface area contributed by atoms with E-state index in [1.165, 1.54) is 6.42 Å². The van der Waals surface area contributed by atoms with Crippen molar-refractivity contribution >= 4 is 18.3 Å². The summed E-state index contributed by atoms with van der Waals surface area (Å²) in [7, 11) is 0. The Morgan fingerprint density at radius 3 is 2.71 bits per heavy atom. The molecule has 5 heteroatoms. The summed E-state index contributed by atoms with van der Waals surface area (Å²) in [6, 6.07) is 8.09. The molecule has 3 aliphatic rings. The van der Waals surface area contributed by atoms with Crippen molar-refractivity contribution in [2.24, 2.45) is 11.3 Å². The lowest BCUT2D eigenvalue weighted by Crippen LogP contribution is -2.33. The highest BCUT2D eigenvalue weighted by molar-refractivity contribution is 5.85. The molecule has 132 valence electrons. The molecule has 2 N–H and O–H groups in total. The van der Waals surface area contributed by atoms with Crippen molar-refractivity contribution in [3.63, 3.8) is 0 Å². The zero-order chi connectivity index (χ0) is 15.7. The average molecular weight is 351 g/mol. The summed E-state index contributed by atoms with van der Waals surface area (Å²) in [4.78, 5) is 12.5. The fourth-order valence-corrected chi connectivity index (χ4v) is 3.93. The highest BCUT2D eigenvalue weighted by Gasteiger charge is 2.57. The molecule has 1 saturated heterocycles. The van der Waals surface area contributed by atoms with Gasteiger partial charge in [0.05, 0.1) is 6.10 Å². The summed E-state index contributed by atoms with van der Waals surface area (Å²) in [6.07, 6.45) is 7.30. The molecule has 4 rings (SSSR count). The second-order valence-electron chi connectivity index (χ2n) is 7.37. The molecular formula is C19H27ClN2O2. The summed E-state index contributed by atoms with van der Waals surface area (Å²) >= 11 is 0. The molecule has 2 aliphatic carbocycles. The Morgan fingerprint density at radius 1 is 1.25 bits per heavy atom. The van der Waals surface area contributed by atoms with Crippen LogP contribution in [0.15, 0.2) is 24.3 Å². The standard InChI is InChI=1S/C19H26N2O2.ClH/c22-18(16-12-19(16)8-10-20-11-9-19)21-13-14-4-1-2-7-17(14)23-15-5-3-6-15;/h1-2,4,7,15-16,20H,3,5-6,8-13H2,(H,21,22);1H. The number of hydrogen-bond donors (Lipinski definition) is 2. The van der Waals surface area contributed by atoms with E-state index in [-0.39, 0.29) is 24.2 Å². The molecule has 4 nitrogen and oxygen atoms in total. The number of piperidine rings is 1. The number of nitrogens with one attached hydrogen (secondary N) is 2. The number of amides is 1. The topological polar surface area (TPSA) is 50.4 Å². The van der Waals surface area contributed by atoms with E-state index >= 15 is 0 Å². The molecule has 1 spiro atoms. The van der Waals surface area contributed by atoms with E-state index in [0.29, 0.717) is 18.1 Å². The van der Waals surface area contributed by atoms with Crippen molar-refractivity contribution in [2.75, 3.05) is 13.1 Å². The summed E-state index contributed by atoms with van der Waals surface area (Å²) < 4.78 is 6.04. The summed E-state index contributed by atoms with van der Waals surface area (Å²) in [5.74, 6) is 1.39. The van der Waals surface area contributed by atoms with Gasteiger partial charge in [-0.05, 0) is 63.1 Å². The average Bonchev–Trinajstić information content (AvgIpc) is 3.23. The molecule has 0 radical (unpaired) electrons. The molecule has 1 unspecified atom stereocenters. The van der Waals surface area contributed by atoms with Gasteiger partial charge in [-0.3, -0.25) is 4.79 Å². The van der Waals surface area contributed by atoms with Crippen molar-refractivity contribution in [3.8, 4) is 5.75 Å². The van der Waals surface area contributed by atoms with Gasteiger partial charge in [0, 0.05) is 18.0 Å². The third-order valence-electron chi connectivity index (χ3n) is 5.88. The number of benzene rings is 1. The van der Waals surface area contributed by atoms with Crippen LogP contribution in [0.25, 0.3) is 0 Å². The second kappa shape index (κ2) is 7.32. The maximum atomic E-state index is 12.5. The van der Waals surface area contributed by atoms with Crippen molar-refractivity contribution in [3.05, 3.63) is 29.8 Å². The van der Waals surface area contributed by atoms with Gasteiger partial charge in [-0.15, -0.1) is 12.4 Å². The smallest absolute Gasteiger partial charge is 0.223 e. The number of rotatable bonds is 5. The van der Waals surface area contributed by atoms with E-state index in [4.69, 9.17) is 4.74 Å². The zero-order valence-corrected chi connectivity index (χ0v) is 14.9. The summed E-state index contributed by atoms with van der Waals surface area (Å²) in [5, 5.41) is 6.53. The van der Waals surface area contributed by atoms with Crippen LogP contribution in [0.4, 0.5) is 0 Å². The number of ether oxygens (including phenoxy) is 1. The van der Waals surface area contributed by atoms with Gasteiger partial charge in [0.25, 0.3) is 0 Å². The molecule has 3 fully saturated rings. The first-order valence-electron chi connectivity index (χ1n) is 9.00. The van der Waals surface area contributed by atoms with Crippen LogP contribution in [0.5, 0.6) is 5.75 Å². The molecule has 1 aromatic carbocycles. The number of para-hydroxylation sites is 1. The van der Waals surface area contributed by atoms with Crippen molar-refractivity contribution < 1.29 is 9.53 Å². The molecule has 1 amide bonds. The fraction of sp³-hybridized carbons (Fsp3) is 0.632. The van der Waals surface area contributed by atoms with Crippen LogP contribution in [-0.4, -0.2) is 25.1 Å². The predicted molar refractivity (Wildman–Crippen MR) is 96.4 cm³/mol. The Hall–Kier alpha value is -1.26. The van der Waals surface area contributed by atoms with Crippen molar-refractivity contribution in [1.82, 2.24) is 10.6 Å². The molecule has 0 aromatic heterocycles. The number of carbonyl (C=O) groups excluding carboxylic acids is 1. The van der Waals surface area contributed by atoms with Crippen molar-refractivity contribution in [2.45, 2.75) is 51.2 Å². The van der Waals surface area contributed by atoms with E-state index in [0.717, 1.165) is 56.5 Å². The molecule has 1 atom stereocenters. The minimum absolute atomic E-state index is 0. The Bertz CT molecular complexity index is 582. The highest BCUT2D eigenvalue weighted by atomic mass is 35.5. The molecule has 1 aliphatic heterocycles. The van der Waals surface area contributed by atoms with Gasteiger partial charge in [0.1, 0.15) is 5.75 Å². The lowest BCUT2D eigenvalue weighted by Gasteiger charge is -2.27. The lowest BCUT2D eigenvalue weighted by molar-refractivity contribution is -0.123. The monoisotopic (exact) mass is 350 g/mol. The fourth-order valence-electron chi connectivity index (χ4n) is 3.93. The van der Waals surface area contributed by atoms with E-state index < -0.39 is 0 Å². The lowest BCUT2D eigenvalue weighted by atomic mass is 9.92. The maximum absolute atomic E-state index is 12.5. The van der Waals surface area contributed by atoms with E-state index in [2.05, 4.69) is 16.7 Å². The van der Waals surface area contributed by atoms with Crippen LogP contribution in [0.2, 0.25) is 0 Å². The Kier molecular flexibility index (Phi) is 5.36. The molecule has 0 bridgehead atoms. The second-order valence-corrected chi connectivity index (χ2v) is 7.37. The molecular weight excluding hydrogens is 324 g/mol. The number of carbonyl (C=O) groups is 1. The largest absolute Gasteiger partial charge is 0.490 e. The molecule has 1 aromatic rings. The maximum Gasteiger partial charge on any atom is 0.223 e. The first-order valence-corrected chi connectivity index (χ1v) is 9.00. The third-order valence-corrected chi connectivity index (χ3v) is 5.88. The highest BCUT2D eigenvalue weighted by Crippen LogP contribution is 2.58. The molecule has 24 heavy (non-hydrogen) atoms. The summed E-state index contributed by atoms with van der Waals surface area (Å²) in [5.41, 5.74) is 1.39. The number of hydrogen-bond acceptors (Lipinski definition) is 3. The van der Waals surface area contributed by atoms with Gasteiger partial charge in [0.15, 0.2) is 0 Å². The van der Waals surface area contributed by atoms with Crippen LogP contribution < -0.4 is 15.4 Å². The van der Waals surface area contributed by atoms with Crippen LogP contribution >= 0.6 is 12.4 Å². The van der Waals surface area contributed by atoms with Gasteiger partial charge < -0.3 is 15.4 Å². The van der Waals surface area contributed by atoms with Crippen LogP contribution in [0.1, 0.15) is 44.1 Å². The third kappa shape index (κ3) is 3.55. The first kappa shape index (κ1) is 17.6. The Labute approximate surface area is 150 Å². The van der Waals surface area contributed by atoms with Crippen LogP contribution in [-0.2, 0) is 11.3 Å². The van der Waals surface area contributed by atoms with E-state index in [9.17, 15) is 4.79 Å². The van der Waals surface area contributed by atoms with Gasteiger partial charge in [-0.1, -0.05) is 18.2 Å². The minimum Gasteiger partial charge on any atom is -0.490 e. The Morgan fingerprint density at radius 2 is 2.00 bits per heavy atom. The van der Waals surface area contributed by atoms with Gasteiger partial charge >= 0.3 is 0 Å². The van der Waals surface area contributed by atoms with Gasteiger partial charge in [-0.25, -0.2) is 0 Å². The van der Waals surface area contributed by atoms with E-state index in [1.54, 1.807) is 0 Å². The quantitative estimate of drug-likeness (QED) is 0.858. The number of halogens is 1. The summed E-state index contributed by atoms with van der Waals surface area (Å²) in [6.45, 7) is 2.69. The van der Waals surface area contributed by atoms with Gasteiger partial charge in [-0.2, -0.15) is 0 Å². The zero-order valence-electron chi connectivity index (χ0n) is 14.1. The predicted octanol–water partition coefficient (Wildman–Crippen LogP) is 3.05. The minimum atomic E-state index is 0. The normalized spacial score (nSPS) is 24.6. The van der Waals surface area contributed by atoms with Crippen LogP contribution in [0, 0.1) is 11.3 Å². The first-order chi connectivity index (χ1) is 11.3. The van der Waals surface area contributed by atoms with E-state index in [1.807, 2.05) is 18.2 Å². The Balaban J connectivity index is 0.00000169. The molecule has 2 saturated carbocycles. The van der Waals surface area contributed by atoms with Crippen molar-refractivity contribution in [1.29, 1.82) is 0 Å².